The van der Waals surface area contributed by atoms with Crippen LogP contribution in [0.4, 0.5) is 0 Å². The van der Waals surface area contributed by atoms with E-state index in [1.807, 2.05) is 0 Å². The molecule has 2 fully saturated rings. The summed E-state index contributed by atoms with van der Waals surface area (Å²) in [5.41, 5.74) is 0. The lowest BCUT2D eigenvalue weighted by molar-refractivity contribution is -0.160. The highest BCUT2D eigenvalue weighted by Crippen LogP contribution is 2.39. The van der Waals surface area contributed by atoms with Crippen LogP contribution in [0.2, 0.25) is 5.02 Å². The Morgan fingerprint density at radius 2 is 1.90 bits per heavy atom. The molecule has 1 aromatic carbocycles. The quantitative estimate of drug-likeness (QED) is 0.919. The lowest BCUT2D eigenvalue weighted by Gasteiger charge is -2.21. The first kappa shape index (κ1) is 15.2. The summed E-state index contributed by atoms with van der Waals surface area (Å²) in [4.78, 5) is 0.196. The molecule has 0 radical (unpaired) electrons. The van der Waals surface area contributed by atoms with Crippen LogP contribution < -0.4 is 4.72 Å². The summed E-state index contributed by atoms with van der Waals surface area (Å²) < 4.78 is 38.5. The van der Waals surface area contributed by atoms with E-state index in [0.29, 0.717) is 11.6 Å². The first-order valence-electron chi connectivity index (χ1n) is 7.06. The smallest absolute Gasteiger partial charge is 0.240 e. The Morgan fingerprint density at radius 1 is 1.24 bits per heavy atom. The molecule has 1 saturated carbocycles. The van der Waals surface area contributed by atoms with E-state index >= 15 is 0 Å². The van der Waals surface area contributed by atoms with Gasteiger partial charge < -0.3 is 9.47 Å². The van der Waals surface area contributed by atoms with Crippen molar-refractivity contribution in [1.82, 2.24) is 4.72 Å². The summed E-state index contributed by atoms with van der Waals surface area (Å²) in [7, 11) is -3.54. The van der Waals surface area contributed by atoms with Crippen molar-refractivity contribution in [2.45, 2.75) is 42.5 Å². The molecule has 1 aliphatic heterocycles. The minimum Gasteiger partial charge on any atom is -0.347 e. The van der Waals surface area contributed by atoms with E-state index in [2.05, 4.69) is 4.72 Å². The van der Waals surface area contributed by atoms with E-state index < -0.39 is 15.8 Å². The van der Waals surface area contributed by atoms with Crippen LogP contribution in [0.25, 0.3) is 0 Å². The van der Waals surface area contributed by atoms with Gasteiger partial charge in [0.2, 0.25) is 10.0 Å². The molecule has 5 nitrogen and oxygen atoms in total. The topological polar surface area (TPSA) is 64.6 Å². The maximum Gasteiger partial charge on any atom is 0.240 e. The molecule has 1 aromatic rings. The number of nitrogens with one attached hydrogen (secondary N) is 1. The number of ether oxygens (including phenoxy) is 2. The molecule has 116 valence electrons. The Kier molecular flexibility index (Phi) is 4.25. The molecule has 1 atom stereocenters. The molecule has 7 heteroatoms. The van der Waals surface area contributed by atoms with Gasteiger partial charge in [0.1, 0.15) is 0 Å². The average molecular weight is 332 g/mol. The van der Waals surface area contributed by atoms with Gasteiger partial charge in [-0.2, -0.15) is 0 Å². The normalized spacial score (nSPS) is 24.7. The number of sulfonamides is 1. The van der Waals surface area contributed by atoms with Gasteiger partial charge in [0.25, 0.3) is 0 Å². The summed E-state index contributed by atoms with van der Waals surface area (Å²) in [6.07, 6.45) is 3.76. The van der Waals surface area contributed by atoms with E-state index in [-0.39, 0.29) is 17.5 Å². The fourth-order valence-electron chi connectivity index (χ4n) is 2.79. The van der Waals surface area contributed by atoms with E-state index in [1.165, 1.54) is 12.1 Å². The van der Waals surface area contributed by atoms with Gasteiger partial charge in [0, 0.05) is 24.4 Å². The molecule has 0 amide bonds. The minimum absolute atomic E-state index is 0.196. The van der Waals surface area contributed by atoms with Crippen LogP contribution in [0, 0.1) is 0 Å². The van der Waals surface area contributed by atoms with Crippen molar-refractivity contribution in [3.8, 4) is 0 Å². The third kappa shape index (κ3) is 3.40. The van der Waals surface area contributed by atoms with Gasteiger partial charge >= 0.3 is 0 Å². The highest BCUT2D eigenvalue weighted by atomic mass is 35.5. The lowest BCUT2D eigenvalue weighted by atomic mass is 10.2. The number of halogens is 1. The second-order valence-corrected chi connectivity index (χ2v) is 7.68. The summed E-state index contributed by atoms with van der Waals surface area (Å²) in [5, 5.41) is 0.504. The average Bonchev–Trinajstić information content (AvgIpc) is 3.08. The largest absolute Gasteiger partial charge is 0.347 e. The molecule has 1 spiro atoms. The van der Waals surface area contributed by atoms with Gasteiger partial charge in [-0.15, -0.1) is 0 Å². The molecule has 1 aliphatic carbocycles. The monoisotopic (exact) mass is 331 g/mol. The fourth-order valence-corrected chi connectivity index (χ4v) is 3.99. The third-order valence-corrected chi connectivity index (χ3v) is 5.60. The first-order chi connectivity index (χ1) is 9.99. The van der Waals surface area contributed by atoms with E-state index in [9.17, 15) is 8.42 Å². The molecule has 3 rings (SSSR count). The molecular formula is C14H18ClNO4S. The Morgan fingerprint density at radius 3 is 2.57 bits per heavy atom. The van der Waals surface area contributed by atoms with Crippen LogP contribution in [-0.2, 0) is 19.5 Å². The van der Waals surface area contributed by atoms with Crippen molar-refractivity contribution in [1.29, 1.82) is 0 Å². The predicted octanol–water partition coefficient (Wildman–Crippen LogP) is 2.30. The number of hydrogen-bond acceptors (Lipinski definition) is 4. The van der Waals surface area contributed by atoms with Gasteiger partial charge in [-0.1, -0.05) is 11.6 Å². The van der Waals surface area contributed by atoms with Crippen LogP contribution in [0.15, 0.2) is 29.2 Å². The second-order valence-electron chi connectivity index (χ2n) is 5.47. The van der Waals surface area contributed by atoms with Crippen LogP contribution in [-0.4, -0.2) is 33.5 Å². The van der Waals surface area contributed by atoms with Crippen LogP contribution in [0.3, 0.4) is 0 Å². The SMILES string of the molecule is O=S(=O)(NCC1COC2(CCCC2)O1)c1ccc(Cl)cc1. The molecule has 1 heterocycles. The van der Waals surface area contributed by atoms with Crippen LogP contribution in [0.1, 0.15) is 25.7 Å². The number of hydrogen-bond donors (Lipinski definition) is 1. The first-order valence-corrected chi connectivity index (χ1v) is 8.92. The molecule has 1 unspecified atom stereocenters. The van der Waals surface area contributed by atoms with Crippen LogP contribution >= 0.6 is 11.6 Å². The van der Waals surface area contributed by atoms with Crippen molar-refractivity contribution >= 4 is 21.6 Å². The van der Waals surface area contributed by atoms with Gasteiger partial charge in [0.15, 0.2) is 5.79 Å². The Hall–Kier alpha value is -0.660. The molecule has 1 saturated heterocycles. The van der Waals surface area contributed by atoms with Crippen molar-refractivity contribution < 1.29 is 17.9 Å². The molecule has 2 aliphatic rings. The van der Waals surface area contributed by atoms with Gasteiger partial charge in [-0.3, -0.25) is 0 Å². The summed E-state index contributed by atoms with van der Waals surface area (Å²) >= 11 is 5.76. The van der Waals surface area contributed by atoms with Crippen molar-refractivity contribution in [3.05, 3.63) is 29.3 Å². The van der Waals surface area contributed by atoms with Gasteiger partial charge in [-0.25, -0.2) is 13.1 Å². The maximum absolute atomic E-state index is 12.2. The van der Waals surface area contributed by atoms with Crippen molar-refractivity contribution in [2.75, 3.05) is 13.2 Å². The Balaban J connectivity index is 1.58. The Labute approximate surface area is 129 Å². The zero-order chi connectivity index (χ0) is 14.9. The summed E-state index contributed by atoms with van der Waals surface area (Å²) in [5.74, 6) is -0.462. The van der Waals surface area contributed by atoms with Gasteiger partial charge in [-0.05, 0) is 37.1 Å². The van der Waals surface area contributed by atoms with E-state index in [1.54, 1.807) is 12.1 Å². The standard InChI is InChI=1S/C14H18ClNO4S/c15-11-3-5-13(6-4-11)21(17,18)16-9-12-10-19-14(20-12)7-1-2-8-14/h3-6,12,16H,1-2,7-10H2. The molecular weight excluding hydrogens is 314 g/mol. The molecule has 0 aromatic heterocycles. The van der Waals surface area contributed by atoms with Gasteiger partial charge in [0.05, 0.1) is 17.6 Å². The number of benzene rings is 1. The summed E-state index contributed by atoms with van der Waals surface area (Å²) in [6, 6.07) is 6.07. The molecule has 0 bridgehead atoms. The maximum atomic E-state index is 12.2. The minimum atomic E-state index is -3.54. The molecule has 21 heavy (non-hydrogen) atoms. The highest BCUT2D eigenvalue weighted by Gasteiger charge is 2.43. The fraction of sp³-hybridized carbons (Fsp3) is 0.571. The van der Waals surface area contributed by atoms with Crippen molar-refractivity contribution in [3.63, 3.8) is 0 Å². The summed E-state index contributed by atoms with van der Waals surface area (Å²) in [6.45, 7) is 0.649. The number of rotatable bonds is 4. The zero-order valence-corrected chi connectivity index (χ0v) is 13.1. The van der Waals surface area contributed by atoms with Crippen LogP contribution in [0.5, 0.6) is 0 Å². The highest BCUT2D eigenvalue weighted by molar-refractivity contribution is 7.89. The second kappa shape index (κ2) is 5.85. The van der Waals surface area contributed by atoms with Crippen molar-refractivity contribution in [2.24, 2.45) is 0 Å². The lowest BCUT2D eigenvalue weighted by Crippen LogP contribution is -2.35. The zero-order valence-electron chi connectivity index (χ0n) is 11.5. The third-order valence-electron chi connectivity index (χ3n) is 3.90. The molecule has 1 N–H and O–H groups in total. The van der Waals surface area contributed by atoms with E-state index in [0.717, 1.165) is 25.7 Å². The predicted molar refractivity (Wildman–Crippen MR) is 78.7 cm³/mol. The Bertz CT molecular complexity index is 596. The van der Waals surface area contributed by atoms with E-state index in [4.69, 9.17) is 21.1 Å².